The molecule has 0 aliphatic heterocycles. The minimum atomic E-state index is -0.477. The molecule has 0 spiro atoms. The van der Waals surface area contributed by atoms with Gasteiger partial charge >= 0.3 is 0 Å². The van der Waals surface area contributed by atoms with E-state index in [1.165, 1.54) is 19.1 Å². The molecule has 0 heterocycles. The molecule has 0 atom stereocenters. The van der Waals surface area contributed by atoms with Crippen molar-refractivity contribution in [1.29, 1.82) is 0 Å². The quantitative estimate of drug-likeness (QED) is 0.482. The Morgan fingerprint density at radius 1 is 1.53 bits per heavy atom. The number of nitro groups is 1. The Labute approximate surface area is 94.9 Å². The number of halogens is 1. The van der Waals surface area contributed by atoms with Crippen LogP contribution in [0, 0.1) is 10.1 Å². The second-order valence-electron chi connectivity index (χ2n) is 2.91. The van der Waals surface area contributed by atoms with Gasteiger partial charge in [-0.1, -0.05) is 12.1 Å². The molecule has 0 aliphatic carbocycles. The number of nitrogens with zero attached hydrogens (tertiary/aromatic N) is 1. The van der Waals surface area contributed by atoms with Crippen molar-refractivity contribution < 1.29 is 9.72 Å². The van der Waals surface area contributed by atoms with E-state index in [4.69, 9.17) is 0 Å². The van der Waals surface area contributed by atoms with Crippen molar-refractivity contribution in [2.24, 2.45) is 0 Å². The molecule has 1 aromatic carbocycles. The minimum Gasteiger partial charge on any atom is -0.295 e. The second-order valence-corrected chi connectivity index (χ2v) is 3.77. The maximum absolute atomic E-state index is 10.7. The molecule has 0 saturated carbocycles. The van der Waals surface area contributed by atoms with Gasteiger partial charge in [-0.05, 0) is 40.6 Å². The fourth-order valence-corrected chi connectivity index (χ4v) is 1.38. The SMILES string of the molecule is CC(=O)C=Cc1ccc(Br)c([N+](=O)[O-])c1. The molecule has 0 aromatic heterocycles. The highest BCUT2D eigenvalue weighted by Gasteiger charge is 2.10. The van der Waals surface area contributed by atoms with Crippen LogP contribution in [-0.2, 0) is 4.79 Å². The van der Waals surface area contributed by atoms with Crippen molar-refractivity contribution in [1.82, 2.24) is 0 Å². The fraction of sp³-hybridized carbons (Fsp3) is 0.100. The first-order valence-electron chi connectivity index (χ1n) is 4.13. The summed E-state index contributed by atoms with van der Waals surface area (Å²) in [5.74, 6) is -0.0967. The van der Waals surface area contributed by atoms with Gasteiger partial charge in [0.15, 0.2) is 5.78 Å². The van der Waals surface area contributed by atoms with Gasteiger partial charge in [-0.25, -0.2) is 0 Å². The maximum atomic E-state index is 10.7. The molecule has 1 aromatic rings. The topological polar surface area (TPSA) is 60.2 Å². The number of carbonyl (C=O) groups is 1. The van der Waals surface area contributed by atoms with Crippen LogP contribution in [0.25, 0.3) is 6.08 Å². The van der Waals surface area contributed by atoms with E-state index in [2.05, 4.69) is 15.9 Å². The molecule has 15 heavy (non-hydrogen) atoms. The molecule has 1 rings (SSSR count). The second kappa shape index (κ2) is 4.84. The first-order chi connectivity index (χ1) is 7.00. The maximum Gasteiger partial charge on any atom is 0.284 e. The lowest BCUT2D eigenvalue weighted by atomic mass is 10.2. The standard InChI is InChI=1S/C10H8BrNO3/c1-7(13)2-3-8-4-5-9(11)10(6-8)12(14)15/h2-6H,1H3. The van der Waals surface area contributed by atoms with Crippen molar-refractivity contribution in [3.05, 3.63) is 44.4 Å². The van der Waals surface area contributed by atoms with Crippen LogP contribution < -0.4 is 0 Å². The zero-order valence-electron chi connectivity index (χ0n) is 7.94. The lowest BCUT2D eigenvalue weighted by molar-refractivity contribution is -0.385. The third-order valence-corrected chi connectivity index (χ3v) is 2.35. The van der Waals surface area contributed by atoms with Crippen LogP contribution in [0.4, 0.5) is 5.69 Å². The summed E-state index contributed by atoms with van der Waals surface area (Å²) in [6.45, 7) is 1.42. The predicted molar refractivity (Wildman–Crippen MR) is 60.5 cm³/mol. The Kier molecular flexibility index (Phi) is 3.74. The summed E-state index contributed by atoms with van der Waals surface area (Å²) >= 11 is 3.08. The number of allylic oxidation sites excluding steroid dienone is 1. The smallest absolute Gasteiger partial charge is 0.284 e. The molecule has 0 aliphatic rings. The van der Waals surface area contributed by atoms with E-state index in [0.717, 1.165) is 0 Å². The summed E-state index contributed by atoms with van der Waals surface area (Å²) in [7, 11) is 0. The first kappa shape index (κ1) is 11.6. The summed E-state index contributed by atoms with van der Waals surface area (Å²) in [6, 6.07) is 4.68. The summed E-state index contributed by atoms with van der Waals surface area (Å²) in [6.07, 6.45) is 2.91. The normalized spacial score (nSPS) is 10.5. The highest BCUT2D eigenvalue weighted by atomic mass is 79.9. The minimum absolute atomic E-state index is 0.0132. The van der Waals surface area contributed by atoms with E-state index in [1.807, 2.05) is 0 Å². The van der Waals surface area contributed by atoms with Gasteiger partial charge in [0.25, 0.3) is 5.69 Å². The average Bonchev–Trinajstić information content (AvgIpc) is 2.16. The highest BCUT2D eigenvalue weighted by molar-refractivity contribution is 9.10. The van der Waals surface area contributed by atoms with Gasteiger partial charge in [0.05, 0.1) is 9.40 Å². The van der Waals surface area contributed by atoms with Crippen LogP contribution >= 0.6 is 15.9 Å². The van der Waals surface area contributed by atoms with E-state index in [9.17, 15) is 14.9 Å². The molecular formula is C10H8BrNO3. The third-order valence-electron chi connectivity index (χ3n) is 1.68. The molecular weight excluding hydrogens is 262 g/mol. The Balaban J connectivity index is 3.08. The van der Waals surface area contributed by atoms with Crippen molar-refractivity contribution in [3.8, 4) is 0 Å². The van der Waals surface area contributed by atoms with Gasteiger partial charge in [0, 0.05) is 6.07 Å². The monoisotopic (exact) mass is 269 g/mol. The van der Waals surface area contributed by atoms with Crippen molar-refractivity contribution in [2.45, 2.75) is 6.92 Å². The molecule has 0 bridgehead atoms. The molecule has 0 saturated heterocycles. The van der Waals surface area contributed by atoms with Crippen LogP contribution in [0.1, 0.15) is 12.5 Å². The molecule has 78 valence electrons. The van der Waals surface area contributed by atoms with Gasteiger partial charge < -0.3 is 0 Å². The van der Waals surface area contributed by atoms with Crippen molar-refractivity contribution in [2.75, 3.05) is 0 Å². The van der Waals surface area contributed by atoms with E-state index in [-0.39, 0.29) is 11.5 Å². The van der Waals surface area contributed by atoms with Crippen molar-refractivity contribution >= 4 is 33.5 Å². The van der Waals surface area contributed by atoms with Crippen molar-refractivity contribution in [3.63, 3.8) is 0 Å². The van der Waals surface area contributed by atoms with E-state index >= 15 is 0 Å². The van der Waals surface area contributed by atoms with Crippen LogP contribution in [0.5, 0.6) is 0 Å². The Morgan fingerprint density at radius 2 is 2.20 bits per heavy atom. The van der Waals surface area contributed by atoms with Crippen LogP contribution in [0.2, 0.25) is 0 Å². The Bertz CT molecular complexity index is 440. The number of nitro benzene ring substituents is 1. The Hall–Kier alpha value is -1.49. The third kappa shape index (κ3) is 3.28. The van der Waals surface area contributed by atoms with Gasteiger partial charge in [-0.15, -0.1) is 0 Å². The zero-order chi connectivity index (χ0) is 11.4. The van der Waals surface area contributed by atoms with E-state index in [0.29, 0.717) is 10.0 Å². The number of benzene rings is 1. The Morgan fingerprint density at radius 3 is 2.73 bits per heavy atom. The van der Waals surface area contributed by atoms with Gasteiger partial charge in [-0.3, -0.25) is 14.9 Å². The van der Waals surface area contributed by atoms with Crippen LogP contribution in [-0.4, -0.2) is 10.7 Å². The van der Waals surface area contributed by atoms with Gasteiger partial charge in [0.2, 0.25) is 0 Å². The molecule has 4 nitrogen and oxygen atoms in total. The van der Waals surface area contributed by atoms with Gasteiger partial charge in [0.1, 0.15) is 0 Å². The zero-order valence-corrected chi connectivity index (χ0v) is 9.52. The summed E-state index contributed by atoms with van der Waals surface area (Å²) in [4.78, 5) is 20.8. The molecule has 5 heteroatoms. The summed E-state index contributed by atoms with van der Waals surface area (Å²) < 4.78 is 0.424. The van der Waals surface area contributed by atoms with Gasteiger partial charge in [-0.2, -0.15) is 0 Å². The number of ketones is 1. The molecule has 0 fully saturated rings. The average molecular weight is 270 g/mol. The molecule has 0 radical (unpaired) electrons. The number of hydrogen-bond donors (Lipinski definition) is 0. The largest absolute Gasteiger partial charge is 0.295 e. The summed E-state index contributed by atoms with van der Waals surface area (Å²) in [5.41, 5.74) is 0.612. The van der Waals surface area contributed by atoms with Crippen LogP contribution in [0.3, 0.4) is 0 Å². The first-order valence-corrected chi connectivity index (χ1v) is 4.92. The number of hydrogen-bond acceptors (Lipinski definition) is 3. The fourth-order valence-electron chi connectivity index (χ4n) is 0.987. The van der Waals surface area contributed by atoms with E-state index < -0.39 is 4.92 Å². The highest BCUT2D eigenvalue weighted by Crippen LogP contribution is 2.25. The molecule has 0 N–H and O–H groups in total. The molecule has 0 amide bonds. The molecule has 0 unspecified atom stereocenters. The summed E-state index contributed by atoms with van der Waals surface area (Å²) in [5, 5.41) is 10.6. The lowest BCUT2D eigenvalue weighted by Crippen LogP contribution is -1.90. The predicted octanol–water partition coefficient (Wildman–Crippen LogP) is 2.96. The number of rotatable bonds is 3. The lowest BCUT2D eigenvalue weighted by Gasteiger charge is -1.96. The van der Waals surface area contributed by atoms with E-state index in [1.54, 1.807) is 18.2 Å². The van der Waals surface area contributed by atoms with Crippen LogP contribution in [0.15, 0.2) is 28.7 Å². The number of carbonyl (C=O) groups excluding carboxylic acids is 1.